The van der Waals surface area contributed by atoms with Crippen LogP contribution in [-0.2, 0) is 0 Å². The number of nitrogen functional groups attached to an aromatic ring is 1. The Hall–Kier alpha value is -1.14. The van der Waals surface area contributed by atoms with Crippen LogP contribution in [0.25, 0.3) is 5.52 Å². The smallest absolute Gasteiger partial charge is 0.150 e. The van der Waals surface area contributed by atoms with Crippen molar-refractivity contribution in [2.45, 2.75) is 32.7 Å². The lowest BCUT2D eigenvalue weighted by molar-refractivity contribution is 0.602. The van der Waals surface area contributed by atoms with Crippen molar-refractivity contribution in [2.75, 3.05) is 12.3 Å². The minimum atomic E-state index is 0.320. The lowest BCUT2D eigenvalue weighted by atomic mass is 10.2. The predicted molar refractivity (Wildman–Crippen MR) is 76.4 cm³/mol. The number of nitrogens with two attached hydrogens (primary N) is 1. The number of hydrogen-bond acceptors (Lipinski definition) is 4. The van der Waals surface area contributed by atoms with Crippen LogP contribution >= 0.6 is 15.9 Å². The second-order valence-corrected chi connectivity index (χ2v) is 4.69. The summed E-state index contributed by atoms with van der Waals surface area (Å²) in [6.45, 7) is 5.05. The molecule has 18 heavy (non-hydrogen) atoms. The fourth-order valence-electron chi connectivity index (χ4n) is 2.19. The molecule has 0 aromatic carbocycles. The zero-order valence-corrected chi connectivity index (χ0v) is 12.2. The molecule has 1 aliphatic heterocycles. The molecule has 2 aromatic heterocycles. The van der Waals surface area contributed by atoms with Crippen LogP contribution in [0.5, 0.6) is 0 Å². The molecule has 0 radical (unpaired) electrons. The standard InChI is InChI=1S/C10H12BrN5.C2H6/c11-8-7-9(12)14-4-5-16(7)10(15-8)6-2-1-3-13-6;1-2/h4-6,13H,1-3H2,(H2,12,14);1-2H3/t6-;/m0./s1. The van der Waals surface area contributed by atoms with Gasteiger partial charge in [-0.1, -0.05) is 13.8 Å². The van der Waals surface area contributed by atoms with Crippen molar-refractivity contribution in [1.82, 2.24) is 19.7 Å². The Morgan fingerprint density at radius 3 is 2.94 bits per heavy atom. The summed E-state index contributed by atoms with van der Waals surface area (Å²) in [5.41, 5.74) is 6.70. The van der Waals surface area contributed by atoms with E-state index in [1.807, 2.05) is 24.4 Å². The zero-order chi connectivity index (χ0) is 13.1. The molecule has 1 atom stereocenters. The van der Waals surface area contributed by atoms with Crippen molar-refractivity contribution >= 4 is 27.3 Å². The summed E-state index contributed by atoms with van der Waals surface area (Å²) in [5.74, 6) is 1.51. The third kappa shape index (κ3) is 2.22. The average Bonchev–Trinajstić information content (AvgIpc) is 3.00. The van der Waals surface area contributed by atoms with Gasteiger partial charge >= 0.3 is 0 Å². The molecule has 0 unspecified atom stereocenters. The first-order valence-electron chi connectivity index (χ1n) is 6.28. The van der Waals surface area contributed by atoms with Crippen LogP contribution in [0.2, 0.25) is 0 Å². The van der Waals surface area contributed by atoms with Gasteiger partial charge in [0.15, 0.2) is 5.82 Å². The first-order valence-corrected chi connectivity index (χ1v) is 7.08. The normalized spacial score (nSPS) is 18.7. The van der Waals surface area contributed by atoms with E-state index in [9.17, 15) is 0 Å². The van der Waals surface area contributed by atoms with E-state index in [1.54, 1.807) is 6.20 Å². The molecule has 3 heterocycles. The van der Waals surface area contributed by atoms with Crippen LogP contribution in [0.1, 0.15) is 38.6 Å². The Kier molecular flexibility index (Phi) is 4.19. The van der Waals surface area contributed by atoms with E-state index in [0.29, 0.717) is 11.9 Å². The topological polar surface area (TPSA) is 68.2 Å². The highest BCUT2D eigenvalue weighted by Gasteiger charge is 2.23. The van der Waals surface area contributed by atoms with E-state index in [-0.39, 0.29) is 0 Å². The molecule has 5 nitrogen and oxygen atoms in total. The van der Waals surface area contributed by atoms with E-state index in [4.69, 9.17) is 5.73 Å². The Morgan fingerprint density at radius 2 is 2.28 bits per heavy atom. The molecule has 1 saturated heterocycles. The number of halogens is 1. The fourth-order valence-corrected chi connectivity index (χ4v) is 2.77. The van der Waals surface area contributed by atoms with Gasteiger partial charge in [0, 0.05) is 12.4 Å². The van der Waals surface area contributed by atoms with Crippen LogP contribution in [0.4, 0.5) is 5.82 Å². The molecule has 2 aromatic rings. The van der Waals surface area contributed by atoms with Gasteiger partial charge in [0.25, 0.3) is 0 Å². The largest absolute Gasteiger partial charge is 0.382 e. The minimum Gasteiger partial charge on any atom is -0.382 e. The average molecular weight is 312 g/mol. The summed E-state index contributed by atoms with van der Waals surface area (Å²) < 4.78 is 2.77. The lowest BCUT2D eigenvalue weighted by Crippen LogP contribution is -2.15. The number of nitrogens with one attached hydrogen (secondary N) is 1. The monoisotopic (exact) mass is 311 g/mol. The number of rotatable bonds is 1. The van der Waals surface area contributed by atoms with Gasteiger partial charge in [-0.15, -0.1) is 0 Å². The molecule has 0 bridgehead atoms. The van der Waals surface area contributed by atoms with Crippen LogP contribution in [-0.4, -0.2) is 20.9 Å². The molecule has 0 spiro atoms. The Labute approximate surface area is 115 Å². The van der Waals surface area contributed by atoms with Crippen LogP contribution in [0.15, 0.2) is 17.0 Å². The summed E-state index contributed by atoms with van der Waals surface area (Å²) >= 11 is 3.44. The van der Waals surface area contributed by atoms with Crippen molar-refractivity contribution in [1.29, 1.82) is 0 Å². The van der Waals surface area contributed by atoms with Crippen molar-refractivity contribution in [3.63, 3.8) is 0 Å². The number of hydrogen-bond donors (Lipinski definition) is 2. The quantitative estimate of drug-likeness (QED) is 0.849. The molecular weight excluding hydrogens is 294 g/mol. The highest BCUT2D eigenvalue weighted by atomic mass is 79.9. The Morgan fingerprint density at radius 1 is 1.50 bits per heavy atom. The van der Waals surface area contributed by atoms with Crippen molar-refractivity contribution < 1.29 is 0 Å². The molecule has 0 amide bonds. The summed E-state index contributed by atoms with van der Waals surface area (Å²) in [7, 11) is 0. The third-order valence-electron chi connectivity index (χ3n) is 2.94. The number of fused-ring (bicyclic) bond motifs is 1. The van der Waals surface area contributed by atoms with Gasteiger partial charge in [-0.2, -0.15) is 0 Å². The van der Waals surface area contributed by atoms with E-state index < -0.39 is 0 Å². The number of nitrogens with zero attached hydrogens (tertiary/aromatic N) is 3. The molecule has 1 aliphatic rings. The maximum Gasteiger partial charge on any atom is 0.150 e. The highest BCUT2D eigenvalue weighted by molar-refractivity contribution is 9.10. The number of anilines is 1. The van der Waals surface area contributed by atoms with Crippen LogP contribution in [0, 0.1) is 0 Å². The molecule has 0 aliphatic carbocycles. The lowest BCUT2D eigenvalue weighted by Gasteiger charge is -2.08. The van der Waals surface area contributed by atoms with E-state index in [1.165, 1.54) is 6.42 Å². The van der Waals surface area contributed by atoms with E-state index in [2.05, 4.69) is 31.2 Å². The van der Waals surface area contributed by atoms with Gasteiger partial charge in [-0.3, -0.25) is 4.40 Å². The summed E-state index contributed by atoms with van der Waals surface area (Å²) in [4.78, 5) is 8.60. The van der Waals surface area contributed by atoms with Crippen molar-refractivity contribution in [3.8, 4) is 0 Å². The molecule has 98 valence electrons. The predicted octanol–water partition coefficient (Wildman–Crippen LogP) is 2.52. The van der Waals surface area contributed by atoms with Gasteiger partial charge in [0.1, 0.15) is 15.9 Å². The van der Waals surface area contributed by atoms with Gasteiger partial charge in [0.2, 0.25) is 0 Å². The van der Waals surface area contributed by atoms with Gasteiger partial charge < -0.3 is 11.1 Å². The molecule has 3 N–H and O–H groups in total. The van der Waals surface area contributed by atoms with Crippen LogP contribution < -0.4 is 11.1 Å². The number of aromatic nitrogens is 3. The first-order chi connectivity index (χ1) is 8.77. The summed E-state index contributed by atoms with van der Waals surface area (Å²) in [5, 5.41) is 3.43. The molecular formula is C12H18BrN5. The van der Waals surface area contributed by atoms with Gasteiger partial charge in [-0.25, -0.2) is 9.97 Å². The second-order valence-electron chi connectivity index (χ2n) is 3.94. The summed E-state index contributed by atoms with van der Waals surface area (Å²) in [6.07, 6.45) is 5.92. The summed E-state index contributed by atoms with van der Waals surface area (Å²) in [6, 6.07) is 0.320. The van der Waals surface area contributed by atoms with Gasteiger partial charge in [-0.05, 0) is 35.3 Å². The van der Waals surface area contributed by atoms with Crippen molar-refractivity contribution in [2.24, 2.45) is 0 Å². The first kappa shape index (κ1) is 13.3. The second kappa shape index (κ2) is 5.67. The molecule has 6 heteroatoms. The van der Waals surface area contributed by atoms with Crippen molar-refractivity contribution in [3.05, 3.63) is 22.8 Å². The van der Waals surface area contributed by atoms with Crippen LogP contribution in [0.3, 0.4) is 0 Å². The highest BCUT2D eigenvalue weighted by Crippen LogP contribution is 2.29. The Balaban J connectivity index is 0.000000574. The third-order valence-corrected chi connectivity index (χ3v) is 3.49. The Bertz CT molecular complexity index is 530. The van der Waals surface area contributed by atoms with E-state index >= 15 is 0 Å². The molecule has 1 fully saturated rings. The number of imidazole rings is 1. The molecule has 0 saturated carbocycles. The SMILES string of the molecule is CC.Nc1nccn2c([C@@H]3CCCN3)nc(Br)c12. The maximum absolute atomic E-state index is 5.85. The van der Waals surface area contributed by atoms with Gasteiger partial charge in [0.05, 0.1) is 6.04 Å². The zero-order valence-electron chi connectivity index (χ0n) is 10.7. The fraction of sp³-hybridized carbons (Fsp3) is 0.500. The maximum atomic E-state index is 5.85. The molecule has 3 rings (SSSR count). The van der Waals surface area contributed by atoms with E-state index in [0.717, 1.165) is 28.9 Å². The minimum absolute atomic E-state index is 0.320.